The second-order valence-corrected chi connectivity index (χ2v) is 8.24. The molecule has 0 atom stereocenters. The van der Waals surface area contributed by atoms with Crippen LogP contribution in [0.15, 0.2) is 42.6 Å². The van der Waals surface area contributed by atoms with E-state index < -0.39 is 0 Å². The summed E-state index contributed by atoms with van der Waals surface area (Å²) >= 11 is 1.36. The topological polar surface area (TPSA) is 51.7 Å². The highest BCUT2D eigenvalue weighted by Gasteiger charge is 2.20. The van der Waals surface area contributed by atoms with Gasteiger partial charge in [-0.3, -0.25) is 0 Å². The van der Waals surface area contributed by atoms with E-state index in [2.05, 4.69) is 24.0 Å². The predicted molar refractivity (Wildman–Crippen MR) is 119 cm³/mol. The first-order chi connectivity index (χ1) is 14.1. The molecule has 2 aromatic heterocycles. The summed E-state index contributed by atoms with van der Waals surface area (Å²) in [7, 11) is 5.62. The molecule has 0 aliphatic carbocycles. The maximum absolute atomic E-state index is 12.3. The minimum Gasteiger partial charge on any atom is -0.494 e. The molecule has 6 heteroatoms. The molecular weight excluding hydrogens is 384 g/mol. The van der Waals surface area contributed by atoms with Gasteiger partial charge >= 0.3 is 5.97 Å². The van der Waals surface area contributed by atoms with Gasteiger partial charge in [-0.2, -0.15) is 0 Å². The fourth-order valence-electron chi connectivity index (χ4n) is 3.25. The first-order valence-electron chi connectivity index (χ1n) is 9.94. The van der Waals surface area contributed by atoms with Crippen molar-refractivity contribution < 1.29 is 14.3 Å². The molecule has 3 rings (SSSR count). The molecule has 5 nitrogen and oxygen atoms in total. The number of unbranched alkanes of at least 4 members (excludes halogenated alkanes) is 3. The van der Waals surface area contributed by atoms with Gasteiger partial charge in [-0.1, -0.05) is 25.0 Å². The molecule has 3 aromatic rings. The summed E-state index contributed by atoms with van der Waals surface area (Å²) in [4.78, 5) is 20.3. The monoisotopic (exact) mass is 412 g/mol. The van der Waals surface area contributed by atoms with E-state index in [0.29, 0.717) is 4.88 Å². The van der Waals surface area contributed by atoms with Gasteiger partial charge in [-0.25, -0.2) is 9.78 Å². The lowest BCUT2D eigenvalue weighted by molar-refractivity contribution is 0.0607. The van der Waals surface area contributed by atoms with Crippen molar-refractivity contribution in [3.05, 3.63) is 47.5 Å². The highest BCUT2D eigenvalue weighted by Crippen LogP contribution is 2.38. The van der Waals surface area contributed by atoms with E-state index in [9.17, 15) is 4.79 Å². The smallest absolute Gasteiger partial charge is 0.348 e. The molecule has 0 amide bonds. The molecule has 1 aromatic carbocycles. The number of rotatable bonds is 10. The molecule has 0 unspecified atom stereocenters. The number of carbonyl (C=O) groups is 1. The zero-order valence-corrected chi connectivity index (χ0v) is 18.1. The van der Waals surface area contributed by atoms with Crippen LogP contribution in [0.25, 0.3) is 21.3 Å². The molecule has 0 aliphatic heterocycles. The quantitative estimate of drug-likeness (QED) is 0.336. The van der Waals surface area contributed by atoms with Gasteiger partial charge in [0.2, 0.25) is 0 Å². The summed E-state index contributed by atoms with van der Waals surface area (Å²) in [5.41, 5.74) is 1.83. The van der Waals surface area contributed by atoms with Gasteiger partial charge in [-0.15, -0.1) is 11.3 Å². The lowest BCUT2D eigenvalue weighted by Gasteiger charge is -2.10. The fourth-order valence-corrected chi connectivity index (χ4v) is 4.33. The number of hydrogen-bond acceptors (Lipinski definition) is 6. The molecular formula is C23H28N2O3S. The van der Waals surface area contributed by atoms with E-state index in [1.165, 1.54) is 37.7 Å². The molecule has 29 heavy (non-hydrogen) atoms. The number of pyridine rings is 1. The lowest BCUT2D eigenvalue weighted by Crippen LogP contribution is -2.12. The Balaban J connectivity index is 1.64. The number of carbonyl (C=O) groups excluding carboxylic acids is 1. The number of ether oxygens (including phenoxy) is 2. The molecule has 154 valence electrons. The maximum atomic E-state index is 12.3. The number of esters is 1. The average molecular weight is 413 g/mol. The highest BCUT2D eigenvalue weighted by molar-refractivity contribution is 7.21. The van der Waals surface area contributed by atoms with Gasteiger partial charge in [0.25, 0.3) is 0 Å². The van der Waals surface area contributed by atoms with Crippen LogP contribution in [0.1, 0.15) is 35.4 Å². The van der Waals surface area contributed by atoms with Crippen molar-refractivity contribution in [2.75, 3.05) is 34.4 Å². The Hall–Kier alpha value is -2.44. The van der Waals surface area contributed by atoms with Crippen LogP contribution in [0.5, 0.6) is 5.75 Å². The SMILES string of the molecule is COC(=O)c1sc2ncccc2c1-c1ccc(OCCCCCCN(C)C)cc1. The zero-order valence-electron chi connectivity index (χ0n) is 17.3. The van der Waals surface area contributed by atoms with Crippen LogP contribution in [0.3, 0.4) is 0 Å². The third kappa shape index (κ3) is 5.55. The molecule has 0 saturated heterocycles. The summed E-state index contributed by atoms with van der Waals surface area (Å²) in [6.45, 7) is 1.86. The third-order valence-corrected chi connectivity index (χ3v) is 5.84. The Morgan fingerprint density at radius 1 is 1.07 bits per heavy atom. The molecule has 0 aliphatic rings. The summed E-state index contributed by atoms with van der Waals surface area (Å²) in [6, 6.07) is 11.8. The van der Waals surface area contributed by atoms with Crippen molar-refractivity contribution in [3.8, 4) is 16.9 Å². The van der Waals surface area contributed by atoms with Crippen molar-refractivity contribution in [2.45, 2.75) is 25.7 Å². The molecule has 0 N–H and O–H groups in total. The first-order valence-corrected chi connectivity index (χ1v) is 10.8. The lowest BCUT2D eigenvalue weighted by atomic mass is 10.0. The molecule has 0 spiro atoms. The van der Waals surface area contributed by atoms with Crippen LogP contribution in [-0.2, 0) is 4.74 Å². The van der Waals surface area contributed by atoms with Crippen molar-refractivity contribution in [2.24, 2.45) is 0 Å². The van der Waals surface area contributed by atoms with E-state index in [1.54, 1.807) is 6.20 Å². The molecule has 0 saturated carbocycles. The Morgan fingerprint density at radius 2 is 1.83 bits per heavy atom. The van der Waals surface area contributed by atoms with Crippen LogP contribution in [0.4, 0.5) is 0 Å². The normalized spacial score (nSPS) is 11.2. The summed E-state index contributed by atoms with van der Waals surface area (Å²) in [6.07, 6.45) is 6.44. The van der Waals surface area contributed by atoms with Crippen LogP contribution < -0.4 is 4.74 Å². The second kappa shape index (κ2) is 10.4. The van der Waals surface area contributed by atoms with E-state index in [0.717, 1.165) is 46.7 Å². The maximum Gasteiger partial charge on any atom is 0.348 e. The first kappa shape index (κ1) is 21.3. The Labute approximate surface area is 176 Å². The van der Waals surface area contributed by atoms with Gasteiger partial charge in [-0.05, 0) is 63.3 Å². The summed E-state index contributed by atoms with van der Waals surface area (Å²) in [5, 5.41) is 0.962. The van der Waals surface area contributed by atoms with Crippen LogP contribution in [-0.4, -0.2) is 50.2 Å². The minimum atomic E-state index is -0.336. The van der Waals surface area contributed by atoms with Crippen molar-refractivity contribution in [1.29, 1.82) is 0 Å². The van der Waals surface area contributed by atoms with Gasteiger partial charge in [0.1, 0.15) is 15.5 Å². The minimum absolute atomic E-state index is 0.336. The van der Waals surface area contributed by atoms with Crippen LogP contribution >= 0.6 is 11.3 Å². The fraction of sp³-hybridized carbons (Fsp3) is 0.391. The van der Waals surface area contributed by atoms with Crippen molar-refractivity contribution >= 4 is 27.5 Å². The molecule has 0 radical (unpaired) electrons. The van der Waals surface area contributed by atoms with E-state index in [1.807, 2.05) is 36.4 Å². The van der Waals surface area contributed by atoms with Gasteiger partial charge in [0, 0.05) is 17.1 Å². The van der Waals surface area contributed by atoms with Gasteiger partial charge in [0.15, 0.2) is 0 Å². The highest BCUT2D eigenvalue weighted by atomic mass is 32.1. The number of fused-ring (bicyclic) bond motifs is 1. The second-order valence-electron chi connectivity index (χ2n) is 7.24. The largest absolute Gasteiger partial charge is 0.494 e. The molecule has 2 heterocycles. The predicted octanol–water partition coefficient (Wildman–Crippen LogP) is 5.25. The van der Waals surface area contributed by atoms with Crippen molar-refractivity contribution in [3.63, 3.8) is 0 Å². The molecule has 0 bridgehead atoms. The number of nitrogens with zero attached hydrogens (tertiary/aromatic N) is 2. The number of aromatic nitrogens is 1. The van der Waals surface area contributed by atoms with Crippen molar-refractivity contribution in [1.82, 2.24) is 9.88 Å². The zero-order chi connectivity index (χ0) is 20.6. The number of methoxy groups -OCH3 is 1. The summed E-state index contributed by atoms with van der Waals surface area (Å²) < 4.78 is 10.9. The number of benzene rings is 1. The molecule has 0 fully saturated rings. The van der Waals surface area contributed by atoms with E-state index in [-0.39, 0.29) is 5.97 Å². The Bertz CT molecular complexity index is 935. The third-order valence-electron chi connectivity index (χ3n) is 4.75. The van der Waals surface area contributed by atoms with Crippen LogP contribution in [0.2, 0.25) is 0 Å². The standard InChI is InChI=1S/C23H28N2O3S/c1-25(2)15-6-4-5-7-16-28-18-12-10-17(11-13-18)20-19-9-8-14-24-22(19)29-21(20)23(26)27-3/h8-14H,4-7,15-16H2,1-3H3. The van der Waals surface area contributed by atoms with Crippen LogP contribution in [0, 0.1) is 0 Å². The van der Waals surface area contributed by atoms with Gasteiger partial charge < -0.3 is 14.4 Å². The van der Waals surface area contributed by atoms with E-state index >= 15 is 0 Å². The number of thiophene rings is 1. The van der Waals surface area contributed by atoms with Gasteiger partial charge in [0.05, 0.1) is 13.7 Å². The Morgan fingerprint density at radius 3 is 2.55 bits per heavy atom. The number of hydrogen-bond donors (Lipinski definition) is 0. The summed E-state index contributed by atoms with van der Waals surface area (Å²) in [5.74, 6) is 0.511. The Kier molecular flexibility index (Phi) is 7.61. The van der Waals surface area contributed by atoms with E-state index in [4.69, 9.17) is 9.47 Å². The average Bonchev–Trinajstić information content (AvgIpc) is 3.12.